The average molecular weight is 439 g/mol. The first-order valence-electron chi connectivity index (χ1n) is 12.8. The van der Waals surface area contributed by atoms with Crippen LogP contribution in [0, 0.1) is 5.41 Å². The minimum Gasteiger partial charge on any atom is -0.384 e. The van der Waals surface area contributed by atoms with Gasteiger partial charge in [-0.3, -0.25) is 4.99 Å². The topological polar surface area (TPSA) is 42.8 Å². The summed E-state index contributed by atoms with van der Waals surface area (Å²) in [5, 5.41) is 3.92. The lowest BCUT2D eigenvalue weighted by Crippen LogP contribution is -2.37. The van der Waals surface area contributed by atoms with Crippen molar-refractivity contribution < 1.29 is 9.47 Å². The number of dihydropyridines is 1. The van der Waals surface area contributed by atoms with Gasteiger partial charge in [0.05, 0.1) is 18.8 Å². The Morgan fingerprint density at radius 1 is 1.06 bits per heavy atom. The quantitative estimate of drug-likeness (QED) is 0.462. The molecule has 32 heavy (non-hydrogen) atoms. The average Bonchev–Trinajstić information content (AvgIpc) is 3.35. The van der Waals surface area contributed by atoms with E-state index in [1.54, 1.807) is 0 Å². The summed E-state index contributed by atoms with van der Waals surface area (Å²) >= 11 is 0. The molecule has 4 heteroatoms. The summed E-state index contributed by atoms with van der Waals surface area (Å²) in [5.41, 5.74) is 3.08. The Labute approximate surface area is 194 Å². The van der Waals surface area contributed by atoms with E-state index in [9.17, 15) is 0 Å². The number of ether oxygens (including phenoxy) is 2. The van der Waals surface area contributed by atoms with Gasteiger partial charge in [0.2, 0.25) is 0 Å². The van der Waals surface area contributed by atoms with E-state index in [1.165, 1.54) is 49.7 Å². The van der Waals surface area contributed by atoms with Gasteiger partial charge >= 0.3 is 0 Å². The molecule has 4 nitrogen and oxygen atoms in total. The van der Waals surface area contributed by atoms with Gasteiger partial charge in [0.15, 0.2) is 0 Å². The highest BCUT2D eigenvalue weighted by molar-refractivity contribution is 5.72. The van der Waals surface area contributed by atoms with Crippen molar-refractivity contribution in [2.45, 2.75) is 88.8 Å². The molecule has 4 rings (SSSR count). The lowest BCUT2D eigenvalue weighted by atomic mass is 9.74. The zero-order valence-electron chi connectivity index (χ0n) is 20.1. The third-order valence-corrected chi connectivity index (χ3v) is 8.05. The molecule has 176 valence electrons. The van der Waals surface area contributed by atoms with Crippen LogP contribution in [0.15, 0.2) is 41.4 Å². The highest BCUT2D eigenvalue weighted by atomic mass is 16.5. The Morgan fingerprint density at radius 2 is 1.88 bits per heavy atom. The second kappa shape index (κ2) is 11.6. The molecule has 0 amide bonds. The van der Waals surface area contributed by atoms with Crippen LogP contribution in [-0.4, -0.2) is 45.2 Å². The van der Waals surface area contributed by atoms with Gasteiger partial charge < -0.3 is 14.8 Å². The third-order valence-electron chi connectivity index (χ3n) is 8.05. The molecule has 1 N–H and O–H groups in total. The lowest BCUT2D eigenvalue weighted by molar-refractivity contribution is 0.0303. The van der Waals surface area contributed by atoms with Gasteiger partial charge in [0.25, 0.3) is 0 Å². The van der Waals surface area contributed by atoms with E-state index in [0.29, 0.717) is 24.1 Å². The van der Waals surface area contributed by atoms with E-state index < -0.39 is 0 Å². The standard InChI is InChI=1S/C28H42N2O2/c1-28(27-13-7-8-18-30-27,17-20-32-23-9-3-4-10-23)16-19-29-26-15-14-22(21-31-2)24-11-5-6-12-25(24)26/h5-8,11-12,18,22-23,26-27,29H,3-4,9-10,13-17,19-21H2,1-2H3/t22?,26-,27?,28+/m0/s1. The molecule has 1 saturated carbocycles. The van der Waals surface area contributed by atoms with Crippen LogP contribution in [0.25, 0.3) is 0 Å². The summed E-state index contributed by atoms with van der Waals surface area (Å²) in [6.45, 7) is 5.12. The predicted octanol–water partition coefficient (Wildman–Crippen LogP) is 5.99. The second-order valence-electron chi connectivity index (χ2n) is 10.3. The molecule has 1 heterocycles. The zero-order chi connectivity index (χ0) is 22.2. The number of aliphatic imine (C=N–C) groups is 1. The minimum absolute atomic E-state index is 0.152. The molecule has 0 radical (unpaired) electrons. The fourth-order valence-corrected chi connectivity index (χ4v) is 5.92. The number of rotatable bonds is 11. The first kappa shape index (κ1) is 23.7. The van der Waals surface area contributed by atoms with Crippen molar-refractivity contribution in [1.82, 2.24) is 5.32 Å². The van der Waals surface area contributed by atoms with E-state index in [4.69, 9.17) is 14.5 Å². The molecular formula is C28H42N2O2. The van der Waals surface area contributed by atoms with Crippen LogP contribution in [0.3, 0.4) is 0 Å². The summed E-state index contributed by atoms with van der Waals surface area (Å²) < 4.78 is 11.8. The number of nitrogens with zero attached hydrogens (tertiary/aromatic N) is 1. The molecule has 1 aliphatic heterocycles. The van der Waals surface area contributed by atoms with Gasteiger partial charge in [-0.1, -0.05) is 50.1 Å². The molecule has 0 saturated heterocycles. The lowest BCUT2D eigenvalue weighted by Gasteiger charge is -2.38. The maximum atomic E-state index is 6.26. The Kier molecular flexibility index (Phi) is 8.56. The van der Waals surface area contributed by atoms with E-state index in [2.05, 4.69) is 48.7 Å². The molecule has 3 aliphatic rings. The first-order chi connectivity index (χ1) is 15.7. The van der Waals surface area contributed by atoms with Crippen molar-refractivity contribution in [3.05, 3.63) is 47.5 Å². The van der Waals surface area contributed by atoms with Crippen LogP contribution in [-0.2, 0) is 9.47 Å². The summed E-state index contributed by atoms with van der Waals surface area (Å²) in [4.78, 5) is 4.87. The largest absolute Gasteiger partial charge is 0.384 e. The van der Waals surface area contributed by atoms with Gasteiger partial charge in [-0.15, -0.1) is 0 Å². The Bertz CT molecular complexity index is 770. The maximum Gasteiger partial charge on any atom is 0.0588 e. The number of methoxy groups -OCH3 is 1. The smallest absolute Gasteiger partial charge is 0.0588 e. The monoisotopic (exact) mass is 438 g/mol. The number of hydrogen-bond donors (Lipinski definition) is 1. The zero-order valence-corrected chi connectivity index (χ0v) is 20.1. The maximum absolute atomic E-state index is 6.26. The minimum atomic E-state index is 0.152. The van der Waals surface area contributed by atoms with E-state index in [1.807, 2.05) is 13.3 Å². The Balaban J connectivity index is 1.35. The second-order valence-corrected chi connectivity index (χ2v) is 10.3. The SMILES string of the molecule is COCC1CC[C@H](NCC[C@](C)(CCOC2CCCC2)C2CC=CC=N2)c2ccccc21. The number of allylic oxidation sites excluding steroid dienone is 1. The summed E-state index contributed by atoms with van der Waals surface area (Å²) in [6, 6.07) is 9.73. The van der Waals surface area contributed by atoms with Crippen molar-refractivity contribution in [3.63, 3.8) is 0 Å². The highest BCUT2D eigenvalue weighted by Crippen LogP contribution is 2.39. The van der Waals surface area contributed by atoms with Crippen LogP contribution < -0.4 is 5.32 Å². The molecule has 1 aromatic carbocycles. The van der Waals surface area contributed by atoms with Crippen LogP contribution >= 0.6 is 0 Å². The summed E-state index contributed by atoms with van der Waals surface area (Å²) in [7, 11) is 1.81. The van der Waals surface area contributed by atoms with E-state index >= 15 is 0 Å². The van der Waals surface area contributed by atoms with Crippen molar-refractivity contribution in [2.75, 3.05) is 26.9 Å². The highest BCUT2D eigenvalue weighted by Gasteiger charge is 2.34. The fourth-order valence-electron chi connectivity index (χ4n) is 5.92. The van der Waals surface area contributed by atoms with Crippen molar-refractivity contribution in [3.8, 4) is 0 Å². The molecule has 1 fully saturated rings. The molecule has 0 spiro atoms. The van der Waals surface area contributed by atoms with Crippen molar-refractivity contribution >= 4 is 6.21 Å². The van der Waals surface area contributed by atoms with Crippen LogP contribution in [0.4, 0.5) is 0 Å². The first-order valence-corrected chi connectivity index (χ1v) is 12.8. The Morgan fingerprint density at radius 3 is 2.62 bits per heavy atom. The number of nitrogens with one attached hydrogen (secondary N) is 1. The van der Waals surface area contributed by atoms with Gasteiger partial charge in [-0.05, 0) is 74.1 Å². The predicted molar refractivity (Wildman–Crippen MR) is 133 cm³/mol. The molecule has 1 aromatic rings. The fraction of sp³-hybridized carbons (Fsp3) is 0.679. The van der Waals surface area contributed by atoms with Crippen LogP contribution in [0.5, 0.6) is 0 Å². The van der Waals surface area contributed by atoms with Crippen molar-refractivity contribution in [1.29, 1.82) is 0 Å². The number of fused-ring (bicyclic) bond motifs is 1. The molecule has 4 atom stereocenters. The van der Waals surface area contributed by atoms with Gasteiger partial charge in [0.1, 0.15) is 0 Å². The third kappa shape index (κ3) is 5.89. The summed E-state index contributed by atoms with van der Waals surface area (Å²) in [6.07, 6.45) is 17.6. The molecule has 0 bridgehead atoms. The van der Waals surface area contributed by atoms with Gasteiger partial charge in [-0.25, -0.2) is 0 Å². The Hall–Kier alpha value is -1.49. The van der Waals surface area contributed by atoms with Gasteiger partial charge in [0, 0.05) is 31.9 Å². The van der Waals surface area contributed by atoms with Crippen LogP contribution in [0.1, 0.15) is 87.8 Å². The number of benzene rings is 1. The molecule has 2 aliphatic carbocycles. The van der Waals surface area contributed by atoms with Crippen molar-refractivity contribution in [2.24, 2.45) is 10.4 Å². The molecule has 2 unspecified atom stereocenters. The molecule has 0 aromatic heterocycles. The normalized spacial score (nSPS) is 27.4. The summed E-state index contributed by atoms with van der Waals surface area (Å²) in [5.74, 6) is 0.524. The van der Waals surface area contributed by atoms with Crippen LogP contribution in [0.2, 0.25) is 0 Å². The van der Waals surface area contributed by atoms with E-state index in [0.717, 1.165) is 39.0 Å². The number of hydrogen-bond acceptors (Lipinski definition) is 4. The molecular weight excluding hydrogens is 396 g/mol. The van der Waals surface area contributed by atoms with E-state index in [-0.39, 0.29) is 5.41 Å². The van der Waals surface area contributed by atoms with Gasteiger partial charge in [-0.2, -0.15) is 0 Å².